The van der Waals surface area contributed by atoms with Crippen molar-refractivity contribution in [2.45, 2.75) is 33.6 Å². The third kappa shape index (κ3) is 2.80. The number of allylic oxidation sites excluding steroid dienone is 4. The van der Waals surface area contributed by atoms with Crippen LogP contribution in [0, 0.1) is 13.8 Å². The first kappa shape index (κ1) is 16.3. The van der Waals surface area contributed by atoms with Crippen molar-refractivity contribution in [3.05, 3.63) is 76.1 Å². The van der Waals surface area contributed by atoms with Gasteiger partial charge >= 0.3 is 0 Å². The van der Waals surface area contributed by atoms with Gasteiger partial charge < -0.3 is 5.11 Å². The Morgan fingerprint density at radius 3 is 2.54 bits per heavy atom. The zero-order valence-corrected chi connectivity index (χ0v) is 14.6. The second-order valence-corrected chi connectivity index (χ2v) is 6.73. The Hall–Kier alpha value is -2.61. The minimum atomic E-state index is -0.328. The first-order valence-electron chi connectivity index (χ1n) is 8.26. The summed E-state index contributed by atoms with van der Waals surface area (Å²) in [4.78, 5) is 12.1. The Labute approximate surface area is 143 Å². The van der Waals surface area contributed by atoms with E-state index in [4.69, 9.17) is 0 Å². The molecule has 1 N–H and O–H groups in total. The van der Waals surface area contributed by atoms with Crippen molar-refractivity contribution in [1.82, 2.24) is 0 Å². The van der Waals surface area contributed by atoms with Crippen molar-refractivity contribution in [2.75, 3.05) is 0 Å². The van der Waals surface area contributed by atoms with Crippen molar-refractivity contribution in [3.8, 4) is 11.1 Å². The lowest BCUT2D eigenvalue weighted by Gasteiger charge is -2.07. The molecule has 0 spiro atoms. The Balaban J connectivity index is 2.18. The molecule has 3 rings (SSSR count). The maximum Gasteiger partial charge on any atom is 0.227 e. The van der Waals surface area contributed by atoms with Crippen molar-refractivity contribution >= 4 is 11.9 Å². The molecule has 0 aromatic heterocycles. The van der Waals surface area contributed by atoms with Crippen LogP contribution in [0.4, 0.5) is 0 Å². The summed E-state index contributed by atoms with van der Waals surface area (Å²) < 4.78 is 0. The fraction of sp³-hybridized carbons (Fsp3) is 0.227. The van der Waals surface area contributed by atoms with Crippen LogP contribution in [-0.2, 0) is 4.79 Å². The number of fused-ring (bicyclic) bond motifs is 1. The number of rotatable bonds is 2. The van der Waals surface area contributed by atoms with Gasteiger partial charge in [-0.15, -0.1) is 0 Å². The van der Waals surface area contributed by atoms with Crippen molar-refractivity contribution in [2.24, 2.45) is 0 Å². The molecular formula is C22H22O2. The number of carbonyl (C=O) groups excluding carboxylic acids is 1. The molecule has 24 heavy (non-hydrogen) atoms. The molecule has 122 valence electrons. The molecule has 0 heterocycles. The third-order valence-corrected chi connectivity index (χ3v) is 4.59. The monoisotopic (exact) mass is 318 g/mol. The van der Waals surface area contributed by atoms with E-state index in [0.717, 1.165) is 5.56 Å². The Morgan fingerprint density at radius 2 is 1.83 bits per heavy atom. The minimum absolute atomic E-state index is 0.208. The summed E-state index contributed by atoms with van der Waals surface area (Å²) in [7, 11) is 0. The highest BCUT2D eigenvalue weighted by Crippen LogP contribution is 2.37. The van der Waals surface area contributed by atoms with E-state index >= 15 is 0 Å². The predicted molar refractivity (Wildman–Crippen MR) is 99.5 cm³/mol. The van der Waals surface area contributed by atoms with Crippen LogP contribution in [0.15, 0.2) is 53.8 Å². The van der Waals surface area contributed by atoms with Crippen molar-refractivity contribution in [3.63, 3.8) is 0 Å². The molecule has 0 aromatic carbocycles. The molecule has 0 saturated carbocycles. The molecular weight excluding hydrogens is 296 g/mol. The van der Waals surface area contributed by atoms with Crippen molar-refractivity contribution < 1.29 is 9.90 Å². The van der Waals surface area contributed by atoms with Crippen LogP contribution < -0.4 is 0 Å². The Morgan fingerprint density at radius 1 is 1.08 bits per heavy atom. The third-order valence-electron chi connectivity index (χ3n) is 4.59. The predicted octanol–water partition coefficient (Wildman–Crippen LogP) is 5.50. The fourth-order valence-electron chi connectivity index (χ4n) is 3.18. The van der Waals surface area contributed by atoms with Crippen LogP contribution >= 0.6 is 0 Å². The summed E-state index contributed by atoms with van der Waals surface area (Å²) in [5.74, 6) is -0.0768. The molecule has 0 atom stereocenters. The average molecular weight is 318 g/mol. The first-order chi connectivity index (χ1) is 11.4. The van der Waals surface area contributed by atoms with Gasteiger partial charge in [0.15, 0.2) is 5.76 Å². The van der Waals surface area contributed by atoms with Gasteiger partial charge in [0.25, 0.3) is 0 Å². The molecule has 2 nitrogen and oxygen atoms in total. The number of hydrogen-bond acceptors (Lipinski definition) is 2. The quantitative estimate of drug-likeness (QED) is 0.743. The Bertz CT molecular complexity index is 879. The lowest BCUT2D eigenvalue weighted by Crippen LogP contribution is -2.06. The molecule has 0 bridgehead atoms. The van der Waals surface area contributed by atoms with Crippen LogP contribution in [0.1, 0.15) is 42.0 Å². The summed E-state index contributed by atoms with van der Waals surface area (Å²) >= 11 is 0. The molecule has 0 radical (unpaired) electrons. The van der Waals surface area contributed by atoms with E-state index in [1.54, 1.807) is 12.2 Å². The van der Waals surface area contributed by atoms with E-state index in [9.17, 15) is 9.90 Å². The minimum Gasteiger partial charge on any atom is -0.504 e. The van der Waals surface area contributed by atoms with Crippen LogP contribution in [-0.4, -0.2) is 10.9 Å². The zero-order chi connectivity index (χ0) is 17.4. The van der Waals surface area contributed by atoms with Gasteiger partial charge in [-0.3, -0.25) is 4.79 Å². The van der Waals surface area contributed by atoms with Gasteiger partial charge in [0.1, 0.15) is 0 Å². The smallest absolute Gasteiger partial charge is 0.227 e. The van der Waals surface area contributed by atoms with E-state index < -0.39 is 0 Å². The highest BCUT2D eigenvalue weighted by atomic mass is 16.3. The number of Topliss-reactive ketones (excluding diaryl/α,β-unsaturated/α-hetero) is 1. The highest BCUT2D eigenvalue weighted by molar-refractivity contribution is 6.13. The fourth-order valence-corrected chi connectivity index (χ4v) is 3.18. The van der Waals surface area contributed by atoms with Gasteiger partial charge in [-0.1, -0.05) is 50.3 Å². The maximum atomic E-state index is 12.1. The first-order valence-corrected chi connectivity index (χ1v) is 8.26. The second kappa shape index (κ2) is 6.12. The van der Waals surface area contributed by atoms with Gasteiger partial charge in [0.2, 0.25) is 5.78 Å². The van der Waals surface area contributed by atoms with Crippen molar-refractivity contribution in [1.29, 1.82) is 0 Å². The number of aryl methyl sites for hydroxylation is 2. The second-order valence-electron chi connectivity index (χ2n) is 6.73. The van der Waals surface area contributed by atoms with E-state index in [0.29, 0.717) is 11.5 Å². The molecule has 3 aliphatic rings. The number of ketones is 1. The van der Waals surface area contributed by atoms with Crippen LogP contribution in [0.3, 0.4) is 0 Å². The van der Waals surface area contributed by atoms with Gasteiger partial charge in [-0.05, 0) is 65.3 Å². The molecule has 0 amide bonds. The standard InChI is InChI=1S/C22H22O2/c1-13(2)16-9-8-14(3)21-18(10-15(4)19(21)12-16)11-17-6-5-7-20(23)22(17)24/h5-13,23H,1-4H3. The molecule has 0 fully saturated rings. The van der Waals surface area contributed by atoms with Crippen LogP contribution in [0.2, 0.25) is 0 Å². The van der Waals surface area contributed by atoms with E-state index in [1.165, 1.54) is 33.9 Å². The zero-order valence-electron chi connectivity index (χ0n) is 14.6. The van der Waals surface area contributed by atoms with E-state index in [2.05, 4.69) is 52.0 Å². The molecule has 0 saturated heterocycles. The molecule has 3 aliphatic carbocycles. The number of carbonyl (C=O) groups is 1. The van der Waals surface area contributed by atoms with Gasteiger partial charge in [-0.2, -0.15) is 0 Å². The highest BCUT2D eigenvalue weighted by Gasteiger charge is 2.19. The van der Waals surface area contributed by atoms with Gasteiger partial charge in [0, 0.05) is 5.57 Å². The maximum absolute atomic E-state index is 12.1. The molecule has 0 aliphatic heterocycles. The van der Waals surface area contributed by atoms with Crippen LogP contribution in [0.5, 0.6) is 0 Å². The molecule has 0 aromatic rings. The molecule has 2 heteroatoms. The summed E-state index contributed by atoms with van der Waals surface area (Å²) in [5.41, 5.74) is 7.61. The molecule has 0 unspecified atom stereocenters. The topological polar surface area (TPSA) is 37.3 Å². The largest absolute Gasteiger partial charge is 0.504 e. The normalized spacial score (nSPS) is 16.3. The lowest BCUT2D eigenvalue weighted by molar-refractivity contribution is -0.114. The lowest BCUT2D eigenvalue weighted by atomic mass is 9.98. The van der Waals surface area contributed by atoms with Crippen LogP contribution in [0.25, 0.3) is 17.2 Å². The van der Waals surface area contributed by atoms with Gasteiger partial charge in [0.05, 0.1) is 0 Å². The average Bonchev–Trinajstić information content (AvgIpc) is 2.71. The summed E-state index contributed by atoms with van der Waals surface area (Å²) in [5, 5.41) is 9.66. The van der Waals surface area contributed by atoms with E-state index in [1.807, 2.05) is 6.08 Å². The number of hydrogen-bond donors (Lipinski definition) is 1. The summed E-state index contributed by atoms with van der Waals surface area (Å²) in [6.07, 6.45) is 6.74. The SMILES string of the molecule is Cc1cc(C=C2C=CC=C(O)C2=O)c2c(C)ccc(C(C)C)cc1-2. The summed E-state index contributed by atoms with van der Waals surface area (Å²) in [6, 6.07) is 8.69. The van der Waals surface area contributed by atoms with E-state index in [-0.39, 0.29) is 11.5 Å². The Kier molecular flexibility index (Phi) is 4.15. The number of aliphatic hydroxyl groups is 1. The van der Waals surface area contributed by atoms with Gasteiger partial charge in [-0.25, -0.2) is 0 Å². The number of aliphatic hydroxyl groups excluding tert-OH is 1. The summed E-state index contributed by atoms with van der Waals surface area (Å²) in [6.45, 7) is 8.59.